The Hall–Kier alpha value is -0.950. The molecule has 1 saturated carbocycles. The van der Waals surface area contributed by atoms with Crippen molar-refractivity contribution in [2.75, 3.05) is 35.2 Å². The molecule has 0 bridgehead atoms. The highest BCUT2D eigenvalue weighted by atomic mass is 32.2. The molecule has 1 aliphatic carbocycles. The first-order valence-corrected chi connectivity index (χ1v) is 10.5. The summed E-state index contributed by atoms with van der Waals surface area (Å²) in [5, 5.41) is 4.03. The molecule has 1 saturated heterocycles. The van der Waals surface area contributed by atoms with Gasteiger partial charge in [-0.3, -0.25) is 4.79 Å². The first kappa shape index (κ1) is 16.9. The maximum Gasteiger partial charge on any atom is 0.230 e. The van der Waals surface area contributed by atoms with Crippen LogP contribution in [0.1, 0.15) is 32.1 Å². The van der Waals surface area contributed by atoms with Crippen LogP contribution < -0.4 is 10.2 Å². The summed E-state index contributed by atoms with van der Waals surface area (Å²) in [6, 6.07) is 2.39. The van der Waals surface area contributed by atoms with Crippen LogP contribution >= 0.6 is 23.5 Å². The van der Waals surface area contributed by atoms with Gasteiger partial charge in [0, 0.05) is 36.7 Å². The minimum atomic E-state index is 0.122. The molecule has 3 rings (SSSR count). The van der Waals surface area contributed by atoms with E-state index >= 15 is 0 Å². The minimum Gasteiger partial charge on any atom is -0.355 e. The molecular weight excluding hydrogens is 328 g/mol. The summed E-state index contributed by atoms with van der Waals surface area (Å²) in [6.07, 6.45) is 7.64. The van der Waals surface area contributed by atoms with Crippen LogP contribution in [0.25, 0.3) is 0 Å². The van der Waals surface area contributed by atoms with Crippen molar-refractivity contribution in [1.29, 1.82) is 0 Å². The Morgan fingerprint density at radius 1 is 1.26 bits per heavy atom. The molecule has 2 fully saturated rings. The zero-order chi connectivity index (χ0) is 15.9. The zero-order valence-electron chi connectivity index (χ0n) is 13.4. The van der Waals surface area contributed by atoms with Crippen molar-refractivity contribution >= 4 is 35.2 Å². The summed E-state index contributed by atoms with van der Waals surface area (Å²) in [7, 11) is 0. The van der Waals surface area contributed by atoms with E-state index in [0.717, 1.165) is 48.3 Å². The molecular formula is C16H24N4OS2. The standard InChI is InChI=1S/C16H24N4OS2/c21-15(19-13-4-2-1-3-5-13)11-23-16-10-14(17-12-18-16)20-6-8-22-9-7-20/h10,12-13H,1-9,11H2,(H,19,21). The van der Waals surface area contributed by atoms with Crippen LogP contribution in [0.3, 0.4) is 0 Å². The Balaban J connectivity index is 1.48. The normalized spacial score (nSPS) is 19.6. The minimum absolute atomic E-state index is 0.122. The number of aromatic nitrogens is 2. The lowest BCUT2D eigenvalue weighted by atomic mass is 9.95. The van der Waals surface area contributed by atoms with Gasteiger partial charge in [0.2, 0.25) is 5.91 Å². The van der Waals surface area contributed by atoms with Crippen molar-refractivity contribution < 1.29 is 4.79 Å². The molecule has 0 unspecified atom stereocenters. The third kappa shape index (κ3) is 5.28. The number of carbonyl (C=O) groups excluding carboxylic acids is 1. The van der Waals surface area contributed by atoms with Crippen molar-refractivity contribution in [1.82, 2.24) is 15.3 Å². The van der Waals surface area contributed by atoms with E-state index in [1.165, 1.54) is 31.0 Å². The number of thioether (sulfide) groups is 2. The third-order valence-electron chi connectivity index (χ3n) is 4.28. The predicted octanol–water partition coefficient (Wildman–Crippen LogP) is 2.57. The lowest BCUT2D eigenvalue weighted by Gasteiger charge is -2.27. The van der Waals surface area contributed by atoms with Crippen LogP contribution in [-0.2, 0) is 4.79 Å². The topological polar surface area (TPSA) is 58.1 Å². The molecule has 0 spiro atoms. The van der Waals surface area contributed by atoms with Crippen LogP contribution in [-0.4, -0.2) is 52.3 Å². The van der Waals surface area contributed by atoms with Crippen molar-refractivity contribution in [3.63, 3.8) is 0 Å². The van der Waals surface area contributed by atoms with E-state index in [9.17, 15) is 4.79 Å². The number of nitrogens with zero attached hydrogens (tertiary/aromatic N) is 3. The first-order valence-electron chi connectivity index (χ1n) is 8.38. The zero-order valence-corrected chi connectivity index (χ0v) is 15.0. The van der Waals surface area contributed by atoms with E-state index in [0.29, 0.717) is 11.8 Å². The summed E-state index contributed by atoms with van der Waals surface area (Å²) >= 11 is 3.49. The second kappa shape index (κ2) is 8.78. The van der Waals surface area contributed by atoms with Gasteiger partial charge in [-0.2, -0.15) is 11.8 Å². The molecule has 2 aliphatic rings. The number of hydrogen-bond donors (Lipinski definition) is 1. The Morgan fingerprint density at radius 2 is 2.04 bits per heavy atom. The number of carbonyl (C=O) groups is 1. The smallest absolute Gasteiger partial charge is 0.230 e. The fourth-order valence-electron chi connectivity index (χ4n) is 3.03. The van der Waals surface area contributed by atoms with Gasteiger partial charge in [0.15, 0.2) is 0 Å². The average molecular weight is 353 g/mol. The van der Waals surface area contributed by atoms with Crippen LogP contribution in [0.2, 0.25) is 0 Å². The number of amides is 1. The second-order valence-electron chi connectivity index (χ2n) is 6.00. The fraction of sp³-hybridized carbons (Fsp3) is 0.688. The Labute approximate surface area is 146 Å². The van der Waals surface area contributed by atoms with Gasteiger partial charge in [-0.25, -0.2) is 9.97 Å². The SMILES string of the molecule is O=C(CSc1cc(N2CCSCC2)ncn1)NC1CCCCC1. The predicted molar refractivity (Wildman–Crippen MR) is 97.3 cm³/mol. The first-order chi connectivity index (χ1) is 11.3. The van der Waals surface area contributed by atoms with E-state index in [-0.39, 0.29) is 5.91 Å². The molecule has 0 radical (unpaired) electrons. The van der Waals surface area contributed by atoms with Gasteiger partial charge in [0.05, 0.1) is 5.75 Å². The van der Waals surface area contributed by atoms with Gasteiger partial charge < -0.3 is 10.2 Å². The maximum atomic E-state index is 12.1. The molecule has 0 atom stereocenters. The number of rotatable bonds is 5. The molecule has 5 nitrogen and oxygen atoms in total. The molecule has 1 N–H and O–H groups in total. The monoisotopic (exact) mass is 352 g/mol. The summed E-state index contributed by atoms with van der Waals surface area (Å²) in [5.41, 5.74) is 0. The van der Waals surface area contributed by atoms with Gasteiger partial charge in [0.25, 0.3) is 0 Å². The number of anilines is 1. The molecule has 1 aromatic heterocycles. The molecule has 0 aromatic carbocycles. The summed E-state index contributed by atoms with van der Waals surface area (Å²) in [4.78, 5) is 23.0. The summed E-state index contributed by atoms with van der Waals surface area (Å²) in [6.45, 7) is 2.07. The molecule has 1 amide bonds. The van der Waals surface area contributed by atoms with Crippen LogP contribution in [0, 0.1) is 0 Å². The quantitative estimate of drug-likeness (QED) is 0.649. The molecule has 126 valence electrons. The van der Waals surface area contributed by atoms with Gasteiger partial charge in [-0.05, 0) is 12.8 Å². The second-order valence-corrected chi connectivity index (χ2v) is 8.23. The van der Waals surface area contributed by atoms with E-state index in [1.54, 1.807) is 6.33 Å². The van der Waals surface area contributed by atoms with Gasteiger partial charge in [0.1, 0.15) is 17.2 Å². The van der Waals surface area contributed by atoms with Crippen molar-refractivity contribution in [3.8, 4) is 0 Å². The maximum absolute atomic E-state index is 12.1. The summed E-state index contributed by atoms with van der Waals surface area (Å²) < 4.78 is 0. The Bertz CT molecular complexity index is 517. The highest BCUT2D eigenvalue weighted by Gasteiger charge is 2.16. The Morgan fingerprint density at radius 3 is 2.83 bits per heavy atom. The molecule has 7 heteroatoms. The van der Waals surface area contributed by atoms with Crippen LogP contribution in [0.4, 0.5) is 5.82 Å². The number of nitrogens with one attached hydrogen (secondary N) is 1. The fourth-order valence-corrected chi connectivity index (χ4v) is 4.61. The number of hydrogen-bond acceptors (Lipinski definition) is 6. The molecule has 2 heterocycles. The molecule has 1 aromatic rings. The third-order valence-corrected chi connectivity index (χ3v) is 6.15. The lowest BCUT2D eigenvalue weighted by molar-refractivity contribution is -0.119. The highest BCUT2D eigenvalue weighted by Crippen LogP contribution is 2.22. The van der Waals surface area contributed by atoms with E-state index in [1.807, 2.05) is 17.8 Å². The summed E-state index contributed by atoms with van der Waals surface area (Å²) in [5.74, 6) is 3.84. The van der Waals surface area contributed by atoms with Gasteiger partial charge in [-0.15, -0.1) is 0 Å². The molecule has 23 heavy (non-hydrogen) atoms. The highest BCUT2D eigenvalue weighted by molar-refractivity contribution is 8.00. The average Bonchev–Trinajstić information content (AvgIpc) is 2.62. The molecule has 1 aliphatic heterocycles. The van der Waals surface area contributed by atoms with Crippen molar-refractivity contribution in [2.45, 2.75) is 43.2 Å². The van der Waals surface area contributed by atoms with E-state index in [4.69, 9.17) is 0 Å². The Kier molecular flexibility index (Phi) is 6.45. The van der Waals surface area contributed by atoms with Crippen molar-refractivity contribution in [3.05, 3.63) is 12.4 Å². The van der Waals surface area contributed by atoms with Gasteiger partial charge >= 0.3 is 0 Å². The van der Waals surface area contributed by atoms with Crippen molar-refractivity contribution in [2.24, 2.45) is 0 Å². The lowest BCUT2D eigenvalue weighted by Crippen LogP contribution is -2.37. The van der Waals surface area contributed by atoms with Crippen LogP contribution in [0.5, 0.6) is 0 Å². The van der Waals surface area contributed by atoms with Crippen LogP contribution in [0.15, 0.2) is 17.4 Å². The largest absolute Gasteiger partial charge is 0.355 e. The van der Waals surface area contributed by atoms with E-state index < -0.39 is 0 Å². The van der Waals surface area contributed by atoms with Gasteiger partial charge in [-0.1, -0.05) is 31.0 Å². The van der Waals surface area contributed by atoms with E-state index in [2.05, 4.69) is 20.2 Å².